The van der Waals surface area contributed by atoms with Gasteiger partial charge in [-0.15, -0.1) is 0 Å². The highest BCUT2D eigenvalue weighted by Crippen LogP contribution is 2.35. The number of aromatic nitrogens is 1. The summed E-state index contributed by atoms with van der Waals surface area (Å²) >= 11 is 23.3. The number of hydrazine groups is 1. The van der Waals surface area contributed by atoms with E-state index < -0.39 is 11.8 Å². The molecular weight excluding hydrogens is 424 g/mol. The standard InChI is InChI=1S/C16H13Cl4N3O3/c1-7-4-3-5-8(2)14(7)26-6-9(24)22-23-16(25)13-11(18)10(17)12(19)15(20)21-13/h3-5H,6H2,1-2H3,(H,22,24)(H,23,25). The van der Waals surface area contributed by atoms with Crippen LogP contribution in [0.5, 0.6) is 5.75 Å². The molecule has 26 heavy (non-hydrogen) atoms. The Labute approximate surface area is 169 Å². The Morgan fingerprint density at radius 3 is 2.23 bits per heavy atom. The van der Waals surface area contributed by atoms with Crippen LogP contribution in [0.2, 0.25) is 20.2 Å². The van der Waals surface area contributed by atoms with Crippen LogP contribution >= 0.6 is 46.4 Å². The number of nitrogens with zero attached hydrogens (tertiary/aromatic N) is 1. The maximum absolute atomic E-state index is 12.1. The zero-order chi connectivity index (χ0) is 19.4. The molecule has 138 valence electrons. The first kappa shape index (κ1) is 20.6. The number of amides is 2. The van der Waals surface area contributed by atoms with Gasteiger partial charge in [0.15, 0.2) is 12.3 Å². The van der Waals surface area contributed by atoms with Crippen molar-refractivity contribution in [2.75, 3.05) is 6.61 Å². The molecule has 0 aliphatic rings. The van der Waals surface area contributed by atoms with E-state index in [4.69, 9.17) is 51.1 Å². The van der Waals surface area contributed by atoms with Crippen molar-refractivity contribution < 1.29 is 14.3 Å². The molecule has 0 aliphatic heterocycles. The number of ether oxygens (including phenoxy) is 1. The number of halogens is 4. The minimum absolute atomic E-state index is 0.0686. The van der Waals surface area contributed by atoms with Gasteiger partial charge in [-0.1, -0.05) is 64.6 Å². The van der Waals surface area contributed by atoms with Crippen molar-refractivity contribution >= 4 is 58.2 Å². The molecule has 0 spiro atoms. The maximum atomic E-state index is 12.1. The molecule has 10 heteroatoms. The van der Waals surface area contributed by atoms with Crippen LogP contribution in [0.25, 0.3) is 0 Å². The predicted molar refractivity (Wildman–Crippen MR) is 101 cm³/mol. The van der Waals surface area contributed by atoms with Crippen LogP contribution in [0.15, 0.2) is 18.2 Å². The number of rotatable bonds is 4. The minimum Gasteiger partial charge on any atom is -0.483 e. The van der Waals surface area contributed by atoms with E-state index in [2.05, 4.69) is 15.8 Å². The van der Waals surface area contributed by atoms with Gasteiger partial charge in [0.05, 0.1) is 15.1 Å². The molecule has 0 fully saturated rings. The van der Waals surface area contributed by atoms with E-state index in [0.29, 0.717) is 5.75 Å². The van der Waals surface area contributed by atoms with Crippen molar-refractivity contribution in [3.8, 4) is 5.75 Å². The second-order valence-electron chi connectivity index (χ2n) is 5.21. The van der Waals surface area contributed by atoms with Crippen molar-refractivity contribution in [3.63, 3.8) is 0 Å². The highest BCUT2D eigenvalue weighted by atomic mass is 35.5. The lowest BCUT2D eigenvalue weighted by Crippen LogP contribution is -2.44. The fourth-order valence-electron chi connectivity index (χ4n) is 2.02. The summed E-state index contributed by atoms with van der Waals surface area (Å²) < 4.78 is 5.48. The number of aryl methyl sites for hydroxylation is 2. The first-order valence-electron chi connectivity index (χ1n) is 7.20. The van der Waals surface area contributed by atoms with Gasteiger partial charge in [0.2, 0.25) is 0 Å². The number of para-hydroxylation sites is 1. The molecule has 0 saturated carbocycles. The smallest absolute Gasteiger partial charge is 0.289 e. The van der Waals surface area contributed by atoms with E-state index >= 15 is 0 Å². The number of carbonyl (C=O) groups excluding carboxylic acids is 2. The van der Waals surface area contributed by atoms with Crippen LogP contribution in [-0.4, -0.2) is 23.4 Å². The van der Waals surface area contributed by atoms with Gasteiger partial charge in [0, 0.05) is 0 Å². The molecule has 0 unspecified atom stereocenters. The quantitative estimate of drug-likeness (QED) is 0.557. The first-order chi connectivity index (χ1) is 12.2. The number of hydrogen-bond acceptors (Lipinski definition) is 4. The van der Waals surface area contributed by atoms with Crippen LogP contribution < -0.4 is 15.6 Å². The molecule has 1 heterocycles. The van der Waals surface area contributed by atoms with E-state index in [0.717, 1.165) is 11.1 Å². The number of hydrogen-bond donors (Lipinski definition) is 2. The van der Waals surface area contributed by atoms with Crippen LogP contribution in [0.1, 0.15) is 21.6 Å². The summed E-state index contributed by atoms with van der Waals surface area (Å²) in [7, 11) is 0. The molecule has 0 bridgehead atoms. The second kappa shape index (κ2) is 8.77. The Bertz CT molecular complexity index is 854. The zero-order valence-corrected chi connectivity index (χ0v) is 16.6. The molecule has 2 aromatic rings. The van der Waals surface area contributed by atoms with Crippen molar-refractivity contribution in [3.05, 3.63) is 55.2 Å². The van der Waals surface area contributed by atoms with Gasteiger partial charge in [-0.3, -0.25) is 20.4 Å². The lowest BCUT2D eigenvalue weighted by Gasteiger charge is -2.13. The first-order valence-corrected chi connectivity index (χ1v) is 8.71. The van der Waals surface area contributed by atoms with Crippen molar-refractivity contribution in [1.82, 2.24) is 15.8 Å². The van der Waals surface area contributed by atoms with E-state index in [-0.39, 0.29) is 32.5 Å². The van der Waals surface area contributed by atoms with Crippen LogP contribution in [0.3, 0.4) is 0 Å². The summed E-state index contributed by atoms with van der Waals surface area (Å²) in [6.07, 6.45) is 0. The topological polar surface area (TPSA) is 80.3 Å². The van der Waals surface area contributed by atoms with E-state index in [1.807, 2.05) is 32.0 Å². The number of carbonyl (C=O) groups is 2. The van der Waals surface area contributed by atoms with E-state index in [1.54, 1.807) is 0 Å². The highest BCUT2D eigenvalue weighted by molar-refractivity contribution is 6.52. The molecule has 0 atom stereocenters. The highest BCUT2D eigenvalue weighted by Gasteiger charge is 2.20. The van der Waals surface area contributed by atoms with Gasteiger partial charge in [-0.2, -0.15) is 0 Å². The molecule has 2 N–H and O–H groups in total. The summed E-state index contributed by atoms with van der Waals surface area (Å²) in [5.41, 5.74) is 5.85. The van der Waals surface area contributed by atoms with E-state index in [9.17, 15) is 9.59 Å². The van der Waals surface area contributed by atoms with Crippen LogP contribution in [0, 0.1) is 13.8 Å². The third-order valence-corrected chi connectivity index (χ3v) is 4.95. The molecule has 2 rings (SSSR count). The van der Waals surface area contributed by atoms with Crippen LogP contribution in [-0.2, 0) is 4.79 Å². The molecule has 0 saturated heterocycles. The maximum Gasteiger partial charge on any atom is 0.289 e. The SMILES string of the molecule is Cc1cccc(C)c1OCC(=O)NNC(=O)c1nc(Cl)c(Cl)c(Cl)c1Cl. The summed E-state index contributed by atoms with van der Waals surface area (Å²) in [5.74, 6) is -0.783. The van der Waals surface area contributed by atoms with Gasteiger partial charge < -0.3 is 4.74 Å². The normalized spacial score (nSPS) is 10.4. The largest absolute Gasteiger partial charge is 0.483 e. The van der Waals surface area contributed by atoms with E-state index in [1.165, 1.54) is 0 Å². The Morgan fingerprint density at radius 1 is 1.00 bits per heavy atom. The van der Waals surface area contributed by atoms with Crippen molar-refractivity contribution in [1.29, 1.82) is 0 Å². The fraction of sp³-hybridized carbons (Fsp3) is 0.188. The average molecular weight is 437 g/mol. The molecule has 6 nitrogen and oxygen atoms in total. The summed E-state index contributed by atoms with van der Waals surface area (Å²) in [6, 6.07) is 5.62. The van der Waals surface area contributed by atoms with Crippen molar-refractivity contribution in [2.24, 2.45) is 0 Å². The fourth-order valence-corrected chi connectivity index (χ4v) is 2.84. The summed E-state index contributed by atoms with van der Waals surface area (Å²) in [4.78, 5) is 27.7. The van der Waals surface area contributed by atoms with Gasteiger partial charge in [-0.05, 0) is 25.0 Å². The molecule has 0 radical (unpaired) electrons. The molecule has 2 amide bonds. The number of benzene rings is 1. The Balaban J connectivity index is 1.97. The summed E-state index contributed by atoms with van der Waals surface area (Å²) in [6.45, 7) is 3.43. The summed E-state index contributed by atoms with van der Waals surface area (Å²) in [5, 5.41) is -0.542. The minimum atomic E-state index is -0.809. The molecular formula is C16H13Cl4N3O3. The third kappa shape index (κ3) is 4.71. The zero-order valence-electron chi connectivity index (χ0n) is 13.6. The third-order valence-electron chi connectivity index (χ3n) is 3.27. The van der Waals surface area contributed by atoms with Gasteiger partial charge in [0.1, 0.15) is 10.9 Å². The lowest BCUT2D eigenvalue weighted by molar-refractivity contribution is -0.123. The Morgan fingerprint density at radius 2 is 1.62 bits per heavy atom. The van der Waals surface area contributed by atoms with Crippen molar-refractivity contribution in [2.45, 2.75) is 13.8 Å². The molecule has 0 aliphatic carbocycles. The van der Waals surface area contributed by atoms with Gasteiger partial charge in [-0.25, -0.2) is 4.98 Å². The number of pyridine rings is 1. The Hall–Kier alpha value is -1.73. The molecule has 1 aromatic heterocycles. The predicted octanol–water partition coefficient (Wildman–Crippen LogP) is 4.15. The Kier molecular flexibility index (Phi) is 6.94. The van der Waals surface area contributed by atoms with Gasteiger partial charge >= 0.3 is 0 Å². The average Bonchev–Trinajstić information content (AvgIpc) is 2.60. The number of nitrogens with one attached hydrogen (secondary N) is 2. The van der Waals surface area contributed by atoms with Gasteiger partial charge in [0.25, 0.3) is 11.8 Å². The monoisotopic (exact) mass is 435 g/mol. The lowest BCUT2D eigenvalue weighted by atomic mass is 10.1. The molecule has 1 aromatic carbocycles. The van der Waals surface area contributed by atoms with Crippen LogP contribution in [0.4, 0.5) is 0 Å². The second-order valence-corrected chi connectivity index (χ2v) is 6.70.